The molecule has 0 heterocycles. The molecule has 0 aliphatic carbocycles. The fourth-order valence-electron chi connectivity index (χ4n) is 1.59. The van der Waals surface area contributed by atoms with Crippen LogP contribution in [-0.2, 0) is 4.79 Å². The molecular weight excluding hydrogens is 302 g/mol. The van der Waals surface area contributed by atoms with Gasteiger partial charge in [0.15, 0.2) is 0 Å². The summed E-state index contributed by atoms with van der Waals surface area (Å²) < 4.78 is 80.5. The average molecular weight is 314 g/mol. The van der Waals surface area contributed by atoms with Crippen molar-refractivity contribution in [2.24, 2.45) is 5.41 Å². The Morgan fingerprint density at radius 3 is 1.62 bits per heavy atom. The van der Waals surface area contributed by atoms with Crippen molar-refractivity contribution in [3.63, 3.8) is 0 Å². The number of esters is 1. The Kier molecular flexibility index (Phi) is 4.32. The predicted octanol–water partition coefficient (Wildman–Crippen LogP) is 4.34. The minimum Gasteiger partial charge on any atom is -0.426 e. The molecule has 0 aromatic heterocycles. The number of carbonyl (C=O) groups excluding carboxylic acids is 1. The largest absolute Gasteiger partial charge is 0.426 e. The lowest BCUT2D eigenvalue weighted by Crippen LogP contribution is -2.55. The lowest BCUT2D eigenvalue weighted by atomic mass is 9.89. The maximum absolute atomic E-state index is 12.7. The summed E-state index contributed by atoms with van der Waals surface area (Å²) in [5, 5.41) is 0. The van der Waals surface area contributed by atoms with Crippen LogP contribution in [0.1, 0.15) is 18.1 Å². The van der Waals surface area contributed by atoms with Crippen LogP contribution in [0, 0.1) is 19.3 Å². The number of halogens is 6. The number of alkyl halides is 6. The van der Waals surface area contributed by atoms with E-state index >= 15 is 0 Å². The van der Waals surface area contributed by atoms with Gasteiger partial charge in [0.05, 0.1) is 0 Å². The van der Waals surface area contributed by atoms with Crippen molar-refractivity contribution in [3.05, 3.63) is 29.3 Å². The first kappa shape index (κ1) is 17.3. The zero-order valence-corrected chi connectivity index (χ0v) is 11.3. The molecule has 0 atom stereocenters. The molecule has 1 rings (SSSR count). The number of benzene rings is 1. The van der Waals surface area contributed by atoms with Crippen molar-refractivity contribution in [1.82, 2.24) is 0 Å². The number of carbonyl (C=O) groups is 1. The van der Waals surface area contributed by atoms with E-state index in [1.807, 2.05) is 0 Å². The van der Waals surface area contributed by atoms with Gasteiger partial charge in [0.25, 0.3) is 5.41 Å². The Morgan fingerprint density at radius 1 is 0.905 bits per heavy atom. The second kappa shape index (κ2) is 5.23. The molecule has 0 spiro atoms. The van der Waals surface area contributed by atoms with Crippen molar-refractivity contribution in [2.75, 3.05) is 0 Å². The van der Waals surface area contributed by atoms with Gasteiger partial charge in [0, 0.05) is 0 Å². The molecule has 0 bridgehead atoms. The first-order valence-electron chi connectivity index (χ1n) is 5.73. The van der Waals surface area contributed by atoms with Gasteiger partial charge in [-0.3, -0.25) is 4.79 Å². The molecule has 0 aliphatic heterocycles. The van der Waals surface area contributed by atoms with Gasteiger partial charge in [0.1, 0.15) is 5.75 Å². The molecule has 0 unspecified atom stereocenters. The molecule has 0 radical (unpaired) electrons. The monoisotopic (exact) mass is 314 g/mol. The number of ether oxygens (including phenoxy) is 1. The molecule has 0 amide bonds. The first-order valence-corrected chi connectivity index (χ1v) is 5.73. The highest BCUT2D eigenvalue weighted by molar-refractivity contribution is 5.80. The van der Waals surface area contributed by atoms with Crippen LogP contribution in [0.5, 0.6) is 5.75 Å². The van der Waals surface area contributed by atoms with Crippen LogP contribution < -0.4 is 4.74 Å². The first-order chi connectivity index (χ1) is 9.29. The van der Waals surface area contributed by atoms with Crippen LogP contribution in [-0.4, -0.2) is 18.3 Å². The fraction of sp³-hybridized carbons (Fsp3) is 0.462. The highest BCUT2D eigenvalue weighted by Gasteiger charge is 2.73. The maximum Gasteiger partial charge on any atom is 0.413 e. The standard InChI is InChI=1S/C13H12F6O2/c1-7-4-8(2)6-9(5-7)21-10(20)11(3,12(14,15)16)13(17,18)19/h4-6H,1-3H3. The summed E-state index contributed by atoms with van der Waals surface area (Å²) in [6.45, 7) is 2.89. The Hall–Kier alpha value is -1.73. The van der Waals surface area contributed by atoms with Gasteiger partial charge >= 0.3 is 18.3 Å². The summed E-state index contributed by atoms with van der Waals surface area (Å²) in [6.07, 6.45) is -11.6. The normalized spacial score (nSPS) is 13.2. The van der Waals surface area contributed by atoms with Gasteiger partial charge in [-0.05, 0) is 44.0 Å². The second-order valence-electron chi connectivity index (χ2n) is 4.83. The summed E-state index contributed by atoms with van der Waals surface area (Å²) in [5.41, 5.74) is -3.51. The molecule has 1 aromatic carbocycles. The lowest BCUT2D eigenvalue weighted by molar-refractivity contribution is -0.323. The van der Waals surface area contributed by atoms with E-state index < -0.39 is 23.7 Å². The van der Waals surface area contributed by atoms with Gasteiger partial charge in [0.2, 0.25) is 0 Å². The van der Waals surface area contributed by atoms with E-state index in [4.69, 9.17) is 0 Å². The second-order valence-corrected chi connectivity index (χ2v) is 4.83. The molecule has 0 aliphatic rings. The minimum absolute atomic E-state index is 0.238. The van der Waals surface area contributed by atoms with E-state index in [-0.39, 0.29) is 12.7 Å². The van der Waals surface area contributed by atoms with Crippen molar-refractivity contribution < 1.29 is 35.9 Å². The molecular formula is C13H12F6O2. The van der Waals surface area contributed by atoms with Gasteiger partial charge < -0.3 is 4.74 Å². The zero-order valence-electron chi connectivity index (χ0n) is 11.3. The van der Waals surface area contributed by atoms with Crippen LogP contribution in [0.3, 0.4) is 0 Å². The van der Waals surface area contributed by atoms with Crippen molar-refractivity contribution >= 4 is 5.97 Å². The third kappa shape index (κ3) is 3.30. The lowest BCUT2D eigenvalue weighted by Gasteiger charge is -2.31. The third-order valence-electron chi connectivity index (χ3n) is 2.95. The molecule has 8 heteroatoms. The number of hydrogen-bond acceptors (Lipinski definition) is 2. The molecule has 2 nitrogen and oxygen atoms in total. The van der Waals surface area contributed by atoms with E-state index in [2.05, 4.69) is 4.74 Å². The molecule has 0 saturated heterocycles. The van der Waals surface area contributed by atoms with E-state index in [1.54, 1.807) is 19.9 Å². The summed E-state index contributed by atoms with van der Waals surface area (Å²) in [7, 11) is 0. The van der Waals surface area contributed by atoms with Crippen LogP contribution in [0.4, 0.5) is 26.3 Å². The molecule has 118 valence electrons. The van der Waals surface area contributed by atoms with E-state index in [9.17, 15) is 31.1 Å². The van der Waals surface area contributed by atoms with Crippen LogP contribution in [0.25, 0.3) is 0 Å². The number of rotatable bonds is 2. The predicted molar refractivity (Wildman–Crippen MR) is 61.8 cm³/mol. The topological polar surface area (TPSA) is 26.3 Å². The Morgan fingerprint density at radius 2 is 1.29 bits per heavy atom. The highest BCUT2D eigenvalue weighted by Crippen LogP contribution is 2.50. The van der Waals surface area contributed by atoms with Gasteiger partial charge in [-0.25, -0.2) is 0 Å². The Balaban J connectivity index is 3.20. The summed E-state index contributed by atoms with van der Waals surface area (Å²) in [5.74, 6) is -2.77. The van der Waals surface area contributed by atoms with E-state index in [1.165, 1.54) is 12.1 Å². The molecule has 0 fully saturated rings. The zero-order chi connectivity index (χ0) is 16.6. The summed E-state index contributed by atoms with van der Waals surface area (Å²) in [6, 6.07) is 3.99. The quantitative estimate of drug-likeness (QED) is 0.461. The minimum atomic E-state index is -5.82. The maximum atomic E-state index is 12.7. The van der Waals surface area contributed by atoms with Crippen molar-refractivity contribution in [1.29, 1.82) is 0 Å². The van der Waals surface area contributed by atoms with E-state index in [0.29, 0.717) is 11.1 Å². The third-order valence-corrected chi connectivity index (χ3v) is 2.95. The average Bonchev–Trinajstić information content (AvgIpc) is 2.22. The highest BCUT2D eigenvalue weighted by atomic mass is 19.4. The summed E-state index contributed by atoms with van der Waals surface area (Å²) >= 11 is 0. The van der Waals surface area contributed by atoms with Gasteiger partial charge in [-0.15, -0.1) is 0 Å². The van der Waals surface area contributed by atoms with E-state index in [0.717, 1.165) is 0 Å². The molecule has 0 saturated carbocycles. The van der Waals surface area contributed by atoms with Gasteiger partial charge in [-0.1, -0.05) is 6.07 Å². The Labute approximate surface area is 116 Å². The van der Waals surface area contributed by atoms with Crippen molar-refractivity contribution in [3.8, 4) is 5.75 Å². The van der Waals surface area contributed by atoms with Crippen LogP contribution >= 0.6 is 0 Å². The molecule has 1 aromatic rings. The number of aryl methyl sites for hydroxylation is 2. The molecule has 0 N–H and O–H groups in total. The SMILES string of the molecule is Cc1cc(C)cc(OC(=O)C(C)(C(F)(F)F)C(F)(F)F)c1. The Bertz CT molecular complexity index is 510. The smallest absolute Gasteiger partial charge is 0.413 e. The van der Waals surface area contributed by atoms with Crippen LogP contribution in [0.2, 0.25) is 0 Å². The van der Waals surface area contributed by atoms with Gasteiger partial charge in [-0.2, -0.15) is 26.3 Å². The fourth-order valence-corrected chi connectivity index (χ4v) is 1.59. The van der Waals surface area contributed by atoms with Crippen molar-refractivity contribution in [2.45, 2.75) is 33.1 Å². The van der Waals surface area contributed by atoms with Crippen LogP contribution in [0.15, 0.2) is 18.2 Å². The molecule has 21 heavy (non-hydrogen) atoms. The number of hydrogen-bond donors (Lipinski definition) is 0. The summed E-state index contributed by atoms with van der Waals surface area (Å²) in [4.78, 5) is 11.5.